The highest BCUT2D eigenvalue weighted by Crippen LogP contribution is 2.23. The van der Waals surface area contributed by atoms with E-state index in [9.17, 15) is 4.39 Å². The number of halogens is 1. The molecule has 0 aromatic rings. The van der Waals surface area contributed by atoms with Gasteiger partial charge in [0.25, 0.3) is 0 Å². The average molecular weight is 146 g/mol. The first-order valence-electron chi connectivity index (χ1n) is 3.64. The fourth-order valence-corrected chi connectivity index (χ4v) is 1.23. The molecule has 1 aliphatic heterocycles. The van der Waals surface area contributed by atoms with E-state index in [1.165, 1.54) is 0 Å². The van der Waals surface area contributed by atoms with Gasteiger partial charge in [0.05, 0.1) is 12.1 Å². The van der Waals surface area contributed by atoms with Gasteiger partial charge in [-0.2, -0.15) is 0 Å². The molecule has 1 N–H and O–H groups in total. The third kappa shape index (κ3) is 1.18. The summed E-state index contributed by atoms with van der Waals surface area (Å²) in [4.78, 5) is 0. The molecule has 1 heterocycles. The SMILES string of the molecule is B[C@@H]1O[C@H](CC)[C@@H](F)C1O. The van der Waals surface area contributed by atoms with Crippen molar-refractivity contribution in [3.05, 3.63) is 0 Å². The zero-order valence-electron chi connectivity index (χ0n) is 6.25. The molecule has 2 nitrogen and oxygen atoms in total. The first-order valence-corrected chi connectivity index (χ1v) is 3.64. The van der Waals surface area contributed by atoms with Crippen molar-refractivity contribution in [3.8, 4) is 0 Å². The van der Waals surface area contributed by atoms with Crippen molar-refractivity contribution in [3.63, 3.8) is 0 Å². The standard InChI is InChI=1S/C6H12BFO2/c1-2-3-4(8)5(9)6(7)10-3/h3-6,9H,2,7H2,1H3/t3-,4-,5?,6-/m1/s1. The Morgan fingerprint density at radius 1 is 1.70 bits per heavy atom. The second-order valence-electron chi connectivity index (χ2n) is 2.72. The van der Waals surface area contributed by atoms with E-state index in [0.29, 0.717) is 6.42 Å². The van der Waals surface area contributed by atoms with Gasteiger partial charge in [-0.25, -0.2) is 4.39 Å². The van der Waals surface area contributed by atoms with Crippen LogP contribution >= 0.6 is 0 Å². The number of hydrogen-bond acceptors (Lipinski definition) is 2. The topological polar surface area (TPSA) is 29.5 Å². The minimum absolute atomic E-state index is 0.347. The minimum Gasteiger partial charge on any atom is -0.388 e. The summed E-state index contributed by atoms with van der Waals surface area (Å²) in [6.45, 7) is 1.85. The Morgan fingerprint density at radius 2 is 2.30 bits per heavy atom. The summed E-state index contributed by atoms with van der Waals surface area (Å²) in [6, 6.07) is -0.347. The molecule has 1 saturated heterocycles. The summed E-state index contributed by atoms with van der Waals surface area (Å²) in [7, 11) is 1.69. The molecule has 0 bridgehead atoms. The molecule has 1 fully saturated rings. The van der Waals surface area contributed by atoms with Gasteiger partial charge in [0.1, 0.15) is 14.0 Å². The Balaban J connectivity index is 2.53. The molecule has 0 aliphatic carbocycles. The highest BCUT2D eigenvalue weighted by Gasteiger charge is 2.40. The lowest BCUT2D eigenvalue weighted by molar-refractivity contribution is 0.0553. The van der Waals surface area contributed by atoms with Crippen LogP contribution in [0, 0.1) is 0 Å². The molecule has 0 amide bonds. The summed E-state index contributed by atoms with van der Waals surface area (Å²) in [5.41, 5.74) is 0. The highest BCUT2D eigenvalue weighted by atomic mass is 19.1. The number of hydrogen-bond donors (Lipinski definition) is 1. The molecule has 1 rings (SSSR count). The van der Waals surface area contributed by atoms with Gasteiger partial charge in [-0.05, 0) is 6.42 Å². The molecule has 1 aliphatic rings. The zero-order valence-corrected chi connectivity index (χ0v) is 6.25. The normalized spacial score (nSPS) is 47.9. The molecule has 10 heavy (non-hydrogen) atoms. The molecule has 0 aromatic heterocycles. The van der Waals surface area contributed by atoms with E-state index in [4.69, 9.17) is 9.84 Å². The molecule has 58 valence electrons. The Morgan fingerprint density at radius 3 is 2.50 bits per heavy atom. The summed E-state index contributed by atoms with van der Waals surface area (Å²) in [5.74, 6) is 0. The van der Waals surface area contributed by atoms with E-state index < -0.39 is 18.4 Å². The highest BCUT2D eigenvalue weighted by molar-refractivity contribution is 6.11. The molecule has 1 unspecified atom stereocenters. The lowest BCUT2D eigenvalue weighted by Gasteiger charge is -2.08. The first kappa shape index (κ1) is 8.02. The van der Waals surface area contributed by atoms with E-state index >= 15 is 0 Å². The smallest absolute Gasteiger partial charge is 0.154 e. The number of alkyl halides is 1. The van der Waals surface area contributed by atoms with Crippen LogP contribution in [0.5, 0.6) is 0 Å². The second kappa shape index (κ2) is 2.88. The molecule has 0 spiro atoms. The number of aliphatic hydroxyl groups excluding tert-OH is 1. The molecule has 4 heteroatoms. The predicted octanol–water partition coefficient (Wildman–Crippen LogP) is -0.547. The number of rotatable bonds is 1. The van der Waals surface area contributed by atoms with E-state index in [1.807, 2.05) is 6.92 Å². The third-order valence-electron chi connectivity index (χ3n) is 1.95. The average Bonchev–Trinajstić information content (AvgIpc) is 2.17. The van der Waals surface area contributed by atoms with Crippen molar-refractivity contribution in [2.45, 2.75) is 37.7 Å². The summed E-state index contributed by atoms with van der Waals surface area (Å²) in [5, 5.41) is 9.07. The van der Waals surface area contributed by atoms with Crippen LogP contribution in [0.1, 0.15) is 13.3 Å². The number of aliphatic hydroxyl groups is 1. The lowest BCUT2D eigenvalue weighted by Crippen LogP contribution is -2.28. The van der Waals surface area contributed by atoms with Crippen molar-refractivity contribution < 1.29 is 14.2 Å². The van der Waals surface area contributed by atoms with Crippen LogP contribution < -0.4 is 0 Å². The molecule has 0 aromatic carbocycles. The lowest BCUT2D eigenvalue weighted by atomic mass is 9.93. The largest absolute Gasteiger partial charge is 0.388 e. The Kier molecular flexibility index (Phi) is 2.31. The zero-order chi connectivity index (χ0) is 7.72. The van der Waals surface area contributed by atoms with E-state index in [1.54, 1.807) is 7.85 Å². The molecular formula is C6H12BFO2. The molecular weight excluding hydrogens is 134 g/mol. The Bertz CT molecular complexity index is 122. The van der Waals surface area contributed by atoms with Crippen LogP contribution in [0.2, 0.25) is 0 Å². The maximum atomic E-state index is 12.9. The third-order valence-corrected chi connectivity index (χ3v) is 1.95. The first-order chi connectivity index (χ1) is 4.66. The number of ether oxygens (including phenoxy) is 1. The molecule has 0 saturated carbocycles. The van der Waals surface area contributed by atoms with Crippen molar-refractivity contribution >= 4 is 7.85 Å². The van der Waals surface area contributed by atoms with Gasteiger partial charge >= 0.3 is 0 Å². The monoisotopic (exact) mass is 146 g/mol. The summed E-state index contributed by atoms with van der Waals surface area (Å²) in [6.07, 6.45) is -1.89. The van der Waals surface area contributed by atoms with Crippen LogP contribution in [0.25, 0.3) is 0 Å². The Hall–Kier alpha value is -0.0851. The van der Waals surface area contributed by atoms with Gasteiger partial charge in [-0.3, -0.25) is 0 Å². The van der Waals surface area contributed by atoms with Crippen molar-refractivity contribution in [1.82, 2.24) is 0 Å². The maximum Gasteiger partial charge on any atom is 0.154 e. The van der Waals surface area contributed by atoms with Crippen LogP contribution in [-0.4, -0.2) is 37.3 Å². The predicted molar refractivity (Wildman–Crippen MR) is 38.4 cm³/mol. The van der Waals surface area contributed by atoms with Crippen molar-refractivity contribution in [2.24, 2.45) is 0 Å². The van der Waals surface area contributed by atoms with Gasteiger partial charge in [0, 0.05) is 0 Å². The van der Waals surface area contributed by atoms with E-state index in [2.05, 4.69) is 0 Å². The van der Waals surface area contributed by atoms with Crippen molar-refractivity contribution in [2.75, 3.05) is 0 Å². The van der Waals surface area contributed by atoms with Gasteiger partial charge in [0.2, 0.25) is 0 Å². The summed E-state index contributed by atoms with van der Waals surface area (Å²) >= 11 is 0. The maximum absolute atomic E-state index is 12.9. The van der Waals surface area contributed by atoms with Crippen LogP contribution in [-0.2, 0) is 4.74 Å². The van der Waals surface area contributed by atoms with Crippen LogP contribution in [0.15, 0.2) is 0 Å². The van der Waals surface area contributed by atoms with Gasteiger partial charge in [-0.15, -0.1) is 0 Å². The van der Waals surface area contributed by atoms with E-state index in [0.717, 1.165) is 0 Å². The Labute approximate surface area is 60.8 Å². The van der Waals surface area contributed by atoms with Crippen LogP contribution in [0.4, 0.5) is 4.39 Å². The fourth-order valence-electron chi connectivity index (χ4n) is 1.23. The summed E-state index contributed by atoms with van der Waals surface area (Å²) < 4.78 is 18.0. The van der Waals surface area contributed by atoms with Crippen molar-refractivity contribution in [1.29, 1.82) is 0 Å². The molecule has 0 radical (unpaired) electrons. The minimum atomic E-state index is -1.19. The molecule has 4 atom stereocenters. The van der Waals surface area contributed by atoms with Crippen LogP contribution in [0.3, 0.4) is 0 Å². The van der Waals surface area contributed by atoms with E-state index in [-0.39, 0.29) is 6.00 Å². The van der Waals surface area contributed by atoms with Gasteiger partial charge in [0.15, 0.2) is 6.17 Å². The quantitative estimate of drug-likeness (QED) is 0.503. The van der Waals surface area contributed by atoms with Gasteiger partial charge in [-0.1, -0.05) is 6.92 Å². The second-order valence-corrected chi connectivity index (χ2v) is 2.72. The van der Waals surface area contributed by atoms with Gasteiger partial charge < -0.3 is 9.84 Å². The fraction of sp³-hybridized carbons (Fsp3) is 1.00.